The number of rotatable bonds is 10. The molecule has 22 heavy (non-hydrogen) atoms. The number of aromatic nitrogens is 3. The van der Waals surface area contributed by atoms with Crippen LogP contribution in [-0.4, -0.2) is 59.0 Å². The third-order valence-electron chi connectivity index (χ3n) is 3.12. The van der Waals surface area contributed by atoms with Gasteiger partial charge in [0.2, 0.25) is 0 Å². The second-order valence-electron chi connectivity index (χ2n) is 4.78. The van der Waals surface area contributed by atoms with Gasteiger partial charge in [0, 0.05) is 39.1 Å². The minimum Gasteiger partial charge on any atom is -0.382 e. The van der Waals surface area contributed by atoms with Crippen LogP contribution in [0.4, 0.5) is 0 Å². The highest BCUT2D eigenvalue weighted by atomic mass is 32.2. The average molecular weight is 328 g/mol. The van der Waals surface area contributed by atoms with Gasteiger partial charge in [-0.15, -0.1) is 10.2 Å². The Morgan fingerprint density at radius 2 is 2.09 bits per heavy atom. The van der Waals surface area contributed by atoms with E-state index in [4.69, 9.17) is 4.74 Å². The van der Waals surface area contributed by atoms with Crippen molar-refractivity contribution >= 4 is 17.7 Å². The van der Waals surface area contributed by atoms with E-state index in [1.807, 2.05) is 37.2 Å². The molecule has 1 aromatic rings. The van der Waals surface area contributed by atoms with Gasteiger partial charge in [-0.3, -0.25) is 0 Å². The number of aliphatic imine (C=N–C) groups is 1. The van der Waals surface area contributed by atoms with Crippen LogP contribution in [-0.2, 0) is 18.3 Å². The van der Waals surface area contributed by atoms with Gasteiger partial charge in [0.1, 0.15) is 12.4 Å². The molecule has 0 aromatic carbocycles. The van der Waals surface area contributed by atoms with E-state index in [9.17, 15) is 0 Å². The predicted molar refractivity (Wildman–Crippen MR) is 92.4 cm³/mol. The van der Waals surface area contributed by atoms with Crippen LogP contribution < -0.4 is 10.6 Å². The molecule has 7 nitrogen and oxygen atoms in total. The van der Waals surface area contributed by atoms with E-state index in [2.05, 4.69) is 32.1 Å². The minimum atomic E-state index is 0.511. The summed E-state index contributed by atoms with van der Waals surface area (Å²) >= 11 is 1.81. The van der Waals surface area contributed by atoms with Gasteiger partial charge in [-0.25, -0.2) is 4.99 Å². The van der Waals surface area contributed by atoms with Gasteiger partial charge >= 0.3 is 0 Å². The standard InChI is InChI=1S/C14H28N6OS/c1-5-21-9-6-7-15-14(16-8-10-22-4)17-11-13-19-18-12(2)20(13)3/h5-11H2,1-4H3,(H2,15,16,17). The summed E-state index contributed by atoms with van der Waals surface area (Å²) in [6.07, 6.45) is 3.05. The van der Waals surface area contributed by atoms with Crippen molar-refractivity contribution in [2.75, 3.05) is 38.3 Å². The molecule has 0 spiro atoms. The Balaban J connectivity index is 2.48. The zero-order valence-corrected chi connectivity index (χ0v) is 14.9. The lowest BCUT2D eigenvalue weighted by Crippen LogP contribution is -2.39. The van der Waals surface area contributed by atoms with Crippen molar-refractivity contribution in [2.24, 2.45) is 12.0 Å². The van der Waals surface area contributed by atoms with Crippen LogP contribution in [0.3, 0.4) is 0 Å². The van der Waals surface area contributed by atoms with Crippen LogP contribution in [0.5, 0.6) is 0 Å². The van der Waals surface area contributed by atoms with E-state index in [1.54, 1.807) is 0 Å². The Bertz CT molecular complexity index is 449. The maximum atomic E-state index is 5.34. The fraction of sp³-hybridized carbons (Fsp3) is 0.786. The molecule has 0 fully saturated rings. The molecule has 0 aliphatic carbocycles. The van der Waals surface area contributed by atoms with Crippen molar-refractivity contribution in [3.05, 3.63) is 11.6 Å². The van der Waals surface area contributed by atoms with Crippen LogP contribution in [0.1, 0.15) is 25.0 Å². The zero-order chi connectivity index (χ0) is 16.2. The Labute approximate surface area is 137 Å². The lowest BCUT2D eigenvalue weighted by molar-refractivity contribution is 0.145. The number of guanidine groups is 1. The molecule has 1 rings (SSSR count). The van der Waals surface area contributed by atoms with Gasteiger partial charge in [-0.2, -0.15) is 11.8 Å². The molecule has 0 saturated carbocycles. The summed E-state index contributed by atoms with van der Waals surface area (Å²) in [5.41, 5.74) is 0. The van der Waals surface area contributed by atoms with Crippen molar-refractivity contribution in [1.29, 1.82) is 0 Å². The summed E-state index contributed by atoms with van der Waals surface area (Å²) in [5, 5.41) is 14.8. The summed E-state index contributed by atoms with van der Waals surface area (Å²) in [7, 11) is 1.95. The maximum absolute atomic E-state index is 5.34. The topological polar surface area (TPSA) is 76.4 Å². The van der Waals surface area contributed by atoms with Gasteiger partial charge < -0.3 is 19.9 Å². The first-order chi connectivity index (χ1) is 10.7. The number of ether oxygens (including phenoxy) is 1. The molecule has 1 aromatic heterocycles. The van der Waals surface area contributed by atoms with E-state index >= 15 is 0 Å². The summed E-state index contributed by atoms with van der Waals surface area (Å²) in [5.74, 6) is 3.61. The third kappa shape index (κ3) is 7.13. The number of hydrogen-bond donors (Lipinski definition) is 2. The van der Waals surface area contributed by atoms with Crippen LogP contribution in [0.2, 0.25) is 0 Å². The predicted octanol–water partition coefficient (Wildman–Crippen LogP) is 0.948. The fourth-order valence-electron chi connectivity index (χ4n) is 1.71. The van der Waals surface area contributed by atoms with E-state index in [0.29, 0.717) is 6.54 Å². The number of thioether (sulfide) groups is 1. The molecule has 0 atom stereocenters. The number of nitrogens with zero attached hydrogens (tertiary/aromatic N) is 4. The Morgan fingerprint density at radius 1 is 1.32 bits per heavy atom. The van der Waals surface area contributed by atoms with Crippen LogP contribution in [0.15, 0.2) is 4.99 Å². The van der Waals surface area contributed by atoms with Gasteiger partial charge in [0.05, 0.1) is 0 Å². The normalized spacial score (nSPS) is 11.7. The molecule has 0 unspecified atom stereocenters. The van der Waals surface area contributed by atoms with Gasteiger partial charge in [0.25, 0.3) is 0 Å². The Hall–Kier alpha value is -1.28. The van der Waals surface area contributed by atoms with Crippen molar-refractivity contribution < 1.29 is 4.74 Å². The smallest absolute Gasteiger partial charge is 0.191 e. The number of hydrogen-bond acceptors (Lipinski definition) is 5. The molecule has 0 bridgehead atoms. The summed E-state index contributed by atoms with van der Waals surface area (Å²) in [6.45, 7) is 7.70. The Morgan fingerprint density at radius 3 is 2.73 bits per heavy atom. The molecule has 1 heterocycles. The maximum Gasteiger partial charge on any atom is 0.191 e. The third-order valence-corrected chi connectivity index (χ3v) is 3.73. The van der Waals surface area contributed by atoms with E-state index in [-0.39, 0.29) is 0 Å². The van der Waals surface area contributed by atoms with Crippen molar-refractivity contribution in [1.82, 2.24) is 25.4 Å². The first-order valence-electron chi connectivity index (χ1n) is 7.62. The number of aryl methyl sites for hydroxylation is 1. The Kier molecular flexibility index (Phi) is 9.65. The van der Waals surface area contributed by atoms with Crippen LogP contribution in [0.25, 0.3) is 0 Å². The van der Waals surface area contributed by atoms with Crippen LogP contribution in [0, 0.1) is 6.92 Å². The largest absolute Gasteiger partial charge is 0.382 e. The zero-order valence-electron chi connectivity index (χ0n) is 14.1. The second-order valence-corrected chi connectivity index (χ2v) is 5.77. The van der Waals surface area contributed by atoms with Gasteiger partial charge in [-0.1, -0.05) is 0 Å². The van der Waals surface area contributed by atoms with Gasteiger partial charge in [0.15, 0.2) is 11.8 Å². The first-order valence-corrected chi connectivity index (χ1v) is 9.02. The van der Waals surface area contributed by atoms with E-state index in [1.165, 1.54) is 0 Å². The highest BCUT2D eigenvalue weighted by Gasteiger charge is 2.04. The molecule has 0 aliphatic rings. The lowest BCUT2D eigenvalue weighted by Gasteiger charge is -2.12. The van der Waals surface area contributed by atoms with Gasteiger partial charge in [-0.05, 0) is 26.5 Å². The summed E-state index contributed by atoms with van der Waals surface area (Å²) in [6, 6.07) is 0. The summed E-state index contributed by atoms with van der Waals surface area (Å²) < 4.78 is 7.29. The van der Waals surface area contributed by atoms with E-state index in [0.717, 1.165) is 56.1 Å². The number of nitrogens with one attached hydrogen (secondary N) is 2. The molecule has 2 N–H and O–H groups in total. The first kappa shape index (κ1) is 18.8. The monoisotopic (exact) mass is 328 g/mol. The highest BCUT2D eigenvalue weighted by Crippen LogP contribution is 1.99. The highest BCUT2D eigenvalue weighted by molar-refractivity contribution is 7.98. The van der Waals surface area contributed by atoms with Crippen molar-refractivity contribution in [3.63, 3.8) is 0 Å². The molecule has 8 heteroatoms. The van der Waals surface area contributed by atoms with Crippen molar-refractivity contribution in [3.8, 4) is 0 Å². The molecule has 0 aliphatic heterocycles. The molecular formula is C14H28N6OS. The molecule has 0 saturated heterocycles. The lowest BCUT2D eigenvalue weighted by atomic mass is 10.4. The molecule has 126 valence electrons. The molecule has 0 radical (unpaired) electrons. The van der Waals surface area contributed by atoms with Crippen LogP contribution >= 0.6 is 11.8 Å². The fourth-order valence-corrected chi connectivity index (χ4v) is 2.02. The SMILES string of the molecule is CCOCCCNC(=NCc1nnc(C)n1C)NCCSC. The minimum absolute atomic E-state index is 0.511. The second kappa shape index (κ2) is 11.3. The average Bonchev–Trinajstić information content (AvgIpc) is 2.83. The molecular weight excluding hydrogens is 300 g/mol. The van der Waals surface area contributed by atoms with Crippen molar-refractivity contribution in [2.45, 2.75) is 26.8 Å². The quantitative estimate of drug-likeness (QED) is 0.378. The van der Waals surface area contributed by atoms with E-state index < -0.39 is 0 Å². The summed E-state index contributed by atoms with van der Waals surface area (Å²) in [4.78, 5) is 4.58. The molecule has 0 amide bonds.